The molecule has 4 N–H and O–H groups in total. The predicted octanol–water partition coefficient (Wildman–Crippen LogP) is 0.383. The molecule has 1 aromatic heterocycles. The van der Waals surface area contributed by atoms with Gasteiger partial charge in [-0.05, 0) is 6.92 Å². The molecule has 0 aliphatic carbocycles. The molecular formula is C7H7N3O3. The van der Waals surface area contributed by atoms with E-state index in [0.29, 0.717) is 0 Å². The molecule has 2 aromatic rings. The second kappa shape index (κ2) is 2.25. The first-order chi connectivity index (χ1) is 6.13. The maximum Gasteiger partial charge on any atom is 0.188 e. The van der Waals surface area contributed by atoms with Crippen LogP contribution in [0, 0.1) is 6.92 Å². The van der Waals surface area contributed by atoms with Gasteiger partial charge in [0.25, 0.3) is 0 Å². The molecule has 0 unspecified atom stereocenters. The van der Waals surface area contributed by atoms with Gasteiger partial charge in [0, 0.05) is 5.56 Å². The van der Waals surface area contributed by atoms with E-state index in [0.717, 1.165) is 0 Å². The van der Waals surface area contributed by atoms with E-state index in [-0.39, 0.29) is 33.8 Å². The van der Waals surface area contributed by atoms with Gasteiger partial charge in [0.1, 0.15) is 0 Å². The van der Waals surface area contributed by atoms with Crippen LogP contribution in [0.15, 0.2) is 0 Å². The van der Waals surface area contributed by atoms with E-state index in [1.54, 1.807) is 0 Å². The number of hydrogen-bond donors (Lipinski definition) is 4. The van der Waals surface area contributed by atoms with Gasteiger partial charge in [0.2, 0.25) is 0 Å². The SMILES string of the molecule is Cc1c(O)c(O)c2n[nH]nc2c1O. The van der Waals surface area contributed by atoms with E-state index < -0.39 is 0 Å². The van der Waals surface area contributed by atoms with Crippen molar-refractivity contribution in [3.05, 3.63) is 5.56 Å². The molecule has 0 radical (unpaired) electrons. The molecule has 0 amide bonds. The fraction of sp³-hybridized carbons (Fsp3) is 0.143. The van der Waals surface area contributed by atoms with E-state index in [2.05, 4.69) is 15.4 Å². The Morgan fingerprint density at radius 2 is 1.46 bits per heavy atom. The molecular weight excluding hydrogens is 174 g/mol. The van der Waals surface area contributed by atoms with Crippen molar-refractivity contribution in [2.75, 3.05) is 0 Å². The molecule has 1 heterocycles. The minimum absolute atomic E-state index is 0.0561. The summed E-state index contributed by atoms with van der Waals surface area (Å²) in [4.78, 5) is 0. The molecule has 0 saturated heterocycles. The normalized spacial score (nSPS) is 10.8. The van der Waals surface area contributed by atoms with Gasteiger partial charge in [-0.25, -0.2) is 0 Å². The fourth-order valence-corrected chi connectivity index (χ4v) is 1.14. The lowest BCUT2D eigenvalue weighted by Gasteiger charge is -2.03. The monoisotopic (exact) mass is 181 g/mol. The molecule has 6 heteroatoms. The first-order valence-corrected chi connectivity index (χ1v) is 3.57. The Morgan fingerprint density at radius 3 is 2.08 bits per heavy atom. The van der Waals surface area contributed by atoms with Crippen LogP contribution >= 0.6 is 0 Å². The summed E-state index contributed by atoms with van der Waals surface area (Å²) in [5, 5.41) is 37.6. The number of aromatic amines is 1. The number of nitrogens with zero attached hydrogens (tertiary/aromatic N) is 2. The Hall–Kier alpha value is -1.98. The standard InChI is InChI=1S/C7H7N3O3/c1-2-5(11)3-4(9-10-8-3)7(13)6(2)12/h11-13H,1H3,(H,8,9,10). The third-order valence-corrected chi connectivity index (χ3v) is 1.93. The zero-order chi connectivity index (χ0) is 9.59. The predicted molar refractivity (Wildman–Crippen MR) is 43.6 cm³/mol. The summed E-state index contributed by atoms with van der Waals surface area (Å²) in [5.74, 6) is -0.933. The number of benzene rings is 1. The van der Waals surface area contributed by atoms with Crippen molar-refractivity contribution in [2.24, 2.45) is 0 Å². The van der Waals surface area contributed by atoms with E-state index in [1.165, 1.54) is 6.92 Å². The average Bonchev–Trinajstić information content (AvgIpc) is 2.59. The minimum Gasteiger partial charge on any atom is -0.505 e. The van der Waals surface area contributed by atoms with Crippen molar-refractivity contribution >= 4 is 11.0 Å². The Balaban J connectivity index is 3.02. The van der Waals surface area contributed by atoms with Crippen molar-refractivity contribution in [3.63, 3.8) is 0 Å². The van der Waals surface area contributed by atoms with Crippen LogP contribution in [-0.4, -0.2) is 30.7 Å². The van der Waals surface area contributed by atoms with Crippen molar-refractivity contribution in [1.29, 1.82) is 0 Å². The molecule has 68 valence electrons. The zero-order valence-electron chi connectivity index (χ0n) is 6.74. The lowest BCUT2D eigenvalue weighted by Crippen LogP contribution is -1.81. The molecule has 0 fully saturated rings. The number of phenols is 3. The van der Waals surface area contributed by atoms with Crippen LogP contribution in [0.3, 0.4) is 0 Å². The van der Waals surface area contributed by atoms with Crippen LogP contribution in [0.2, 0.25) is 0 Å². The zero-order valence-corrected chi connectivity index (χ0v) is 6.74. The molecule has 6 nitrogen and oxygen atoms in total. The van der Waals surface area contributed by atoms with E-state index in [1.807, 2.05) is 0 Å². The lowest BCUT2D eigenvalue weighted by molar-refractivity contribution is 0.397. The maximum absolute atomic E-state index is 9.46. The molecule has 1 aromatic carbocycles. The van der Waals surface area contributed by atoms with Crippen LogP contribution in [-0.2, 0) is 0 Å². The van der Waals surface area contributed by atoms with Crippen LogP contribution in [0.5, 0.6) is 17.2 Å². The van der Waals surface area contributed by atoms with Gasteiger partial charge >= 0.3 is 0 Å². The third kappa shape index (κ3) is 0.821. The number of fused-ring (bicyclic) bond motifs is 1. The molecule has 0 spiro atoms. The molecule has 0 atom stereocenters. The van der Waals surface area contributed by atoms with Crippen LogP contribution < -0.4 is 0 Å². The van der Waals surface area contributed by atoms with E-state index >= 15 is 0 Å². The van der Waals surface area contributed by atoms with Crippen LogP contribution in [0.1, 0.15) is 5.56 Å². The second-order valence-corrected chi connectivity index (χ2v) is 2.69. The molecule has 0 bridgehead atoms. The summed E-state index contributed by atoms with van der Waals surface area (Å²) < 4.78 is 0. The largest absolute Gasteiger partial charge is 0.505 e. The van der Waals surface area contributed by atoms with Gasteiger partial charge in [-0.3, -0.25) is 0 Å². The minimum atomic E-state index is -0.376. The van der Waals surface area contributed by atoms with Crippen molar-refractivity contribution in [2.45, 2.75) is 6.92 Å². The summed E-state index contributed by atoms with van der Waals surface area (Å²) in [6.45, 7) is 1.47. The number of nitrogens with one attached hydrogen (secondary N) is 1. The highest BCUT2D eigenvalue weighted by Gasteiger charge is 2.17. The van der Waals surface area contributed by atoms with Crippen molar-refractivity contribution in [3.8, 4) is 17.2 Å². The number of aromatic hydroxyl groups is 3. The number of aromatic nitrogens is 3. The molecule has 0 aliphatic rings. The van der Waals surface area contributed by atoms with Crippen LogP contribution in [0.4, 0.5) is 0 Å². The summed E-state index contributed by atoms with van der Waals surface area (Å²) in [6, 6.07) is 0. The smallest absolute Gasteiger partial charge is 0.188 e. The molecule has 13 heavy (non-hydrogen) atoms. The van der Waals surface area contributed by atoms with Gasteiger partial charge in [-0.15, -0.1) is 0 Å². The van der Waals surface area contributed by atoms with Crippen molar-refractivity contribution in [1.82, 2.24) is 15.4 Å². The van der Waals surface area contributed by atoms with E-state index in [9.17, 15) is 15.3 Å². The van der Waals surface area contributed by atoms with Crippen molar-refractivity contribution < 1.29 is 15.3 Å². The van der Waals surface area contributed by atoms with Gasteiger partial charge < -0.3 is 15.3 Å². The van der Waals surface area contributed by atoms with Gasteiger partial charge in [-0.1, -0.05) is 0 Å². The Kier molecular flexibility index (Phi) is 1.33. The lowest BCUT2D eigenvalue weighted by atomic mass is 10.1. The summed E-state index contributed by atoms with van der Waals surface area (Å²) in [6.07, 6.45) is 0. The summed E-state index contributed by atoms with van der Waals surface area (Å²) in [7, 11) is 0. The fourth-order valence-electron chi connectivity index (χ4n) is 1.14. The molecule has 0 saturated carbocycles. The molecule has 2 rings (SSSR count). The number of phenolic OH excluding ortho intramolecular Hbond substituents is 3. The Bertz CT molecular complexity index is 435. The van der Waals surface area contributed by atoms with E-state index in [4.69, 9.17) is 0 Å². The summed E-state index contributed by atoms with van der Waals surface area (Å²) >= 11 is 0. The third-order valence-electron chi connectivity index (χ3n) is 1.93. The summed E-state index contributed by atoms with van der Waals surface area (Å²) in [5.41, 5.74) is 0.382. The highest BCUT2D eigenvalue weighted by atomic mass is 16.3. The number of rotatable bonds is 0. The van der Waals surface area contributed by atoms with Gasteiger partial charge in [0.05, 0.1) is 0 Å². The number of H-pyrrole nitrogens is 1. The first-order valence-electron chi connectivity index (χ1n) is 3.57. The maximum atomic E-state index is 9.46. The van der Waals surface area contributed by atoms with Crippen LogP contribution in [0.25, 0.3) is 11.0 Å². The highest BCUT2D eigenvalue weighted by molar-refractivity contribution is 5.90. The van der Waals surface area contributed by atoms with Gasteiger partial charge in [-0.2, -0.15) is 15.4 Å². The highest BCUT2D eigenvalue weighted by Crippen LogP contribution is 2.41. The Morgan fingerprint density at radius 1 is 0.923 bits per heavy atom. The Labute approximate surface area is 72.4 Å². The second-order valence-electron chi connectivity index (χ2n) is 2.69. The van der Waals surface area contributed by atoms with Gasteiger partial charge in [0.15, 0.2) is 28.3 Å². The topological polar surface area (TPSA) is 102 Å². The number of hydrogen-bond acceptors (Lipinski definition) is 5. The average molecular weight is 181 g/mol. The molecule has 0 aliphatic heterocycles. The quantitative estimate of drug-likeness (QED) is 0.347. The first kappa shape index (κ1) is 7.66.